The Morgan fingerprint density at radius 1 is 1.22 bits per heavy atom. The van der Waals surface area contributed by atoms with Crippen molar-refractivity contribution in [2.24, 2.45) is 5.92 Å². The fourth-order valence-electron chi connectivity index (χ4n) is 5.36. The predicted molar refractivity (Wildman–Crippen MR) is 122 cm³/mol. The van der Waals surface area contributed by atoms with Gasteiger partial charge in [-0.15, -0.1) is 23.2 Å². The number of hydrogen-bond donors (Lipinski definition) is 1. The number of halogens is 2. The number of carbonyl (C=O) groups is 3. The number of hydrogen-bond acceptors (Lipinski definition) is 4. The van der Waals surface area contributed by atoms with Gasteiger partial charge < -0.3 is 10.2 Å². The van der Waals surface area contributed by atoms with Crippen LogP contribution in [0.25, 0.3) is 10.9 Å². The molecule has 2 amide bonds. The van der Waals surface area contributed by atoms with Gasteiger partial charge in [-0.05, 0) is 44.1 Å². The van der Waals surface area contributed by atoms with Crippen molar-refractivity contribution in [2.75, 3.05) is 0 Å². The van der Waals surface area contributed by atoms with Crippen molar-refractivity contribution in [3.63, 3.8) is 0 Å². The minimum atomic E-state index is -0.806. The van der Waals surface area contributed by atoms with Crippen LogP contribution in [0.4, 0.5) is 0 Å². The van der Waals surface area contributed by atoms with Crippen molar-refractivity contribution in [1.29, 1.82) is 0 Å². The molecule has 5 rings (SSSR count). The molecule has 1 saturated heterocycles. The number of aromatic nitrogens is 2. The second-order valence-electron chi connectivity index (χ2n) is 9.35. The third kappa shape index (κ3) is 4.01. The van der Waals surface area contributed by atoms with Gasteiger partial charge in [-0.1, -0.05) is 18.2 Å². The monoisotopic (exact) mass is 476 g/mol. The van der Waals surface area contributed by atoms with Gasteiger partial charge in [0.2, 0.25) is 11.8 Å². The third-order valence-electron chi connectivity index (χ3n) is 6.96. The molecule has 170 valence electrons. The Bertz CT molecular complexity index is 1100. The summed E-state index contributed by atoms with van der Waals surface area (Å²) in [5.74, 6) is -0.0407. The Morgan fingerprint density at radius 2 is 2.00 bits per heavy atom. The van der Waals surface area contributed by atoms with E-state index in [-0.39, 0.29) is 36.2 Å². The number of likely N-dealkylation sites (tertiary alicyclic amines) is 1. The first-order chi connectivity index (χ1) is 15.2. The summed E-state index contributed by atoms with van der Waals surface area (Å²) in [4.78, 5) is 40.2. The topological polar surface area (TPSA) is 84.3 Å². The molecule has 7 nitrogen and oxygen atoms in total. The molecule has 0 bridgehead atoms. The molecule has 0 radical (unpaired) electrons. The number of carbonyl (C=O) groups excluding carboxylic acids is 3. The Labute approximate surface area is 196 Å². The van der Waals surface area contributed by atoms with Crippen LogP contribution in [0.2, 0.25) is 0 Å². The molecule has 2 aromatic rings. The van der Waals surface area contributed by atoms with Crippen molar-refractivity contribution in [2.45, 2.75) is 74.5 Å². The van der Waals surface area contributed by atoms with Gasteiger partial charge in [0.15, 0.2) is 5.78 Å². The summed E-state index contributed by atoms with van der Waals surface area (Å²) in [7, 11) is 0. The summed E-state index contributed by atoms with van der Waals surface area (Å²) in [5.41, 5.74) is 1.10. The average Bonchev–Trinajstić information content (AvgIpc) is 3.23. The van der Waals surface area contributed by atoms with Crippen LogP contribution in [-0.2, 0) is 16.1 Å². The zero-order chi connectivity index (χ0) is 22.6. The van der Waals surface area contributed by atoms with Crippen molar-refractivity contribution in [1.82, 2.24) is 20.0 Å². The Kier molecular flexibility index (Phi) is 5.45. The largest absolute Gasteiger partial charge is 0.351 e. The van der Waals surface area contributed by atoms with E-state index in [9.17, 15) is 14.4 Å². The fourth-order valence-corrected chi connectivity index (χ4v) is 6.00. The molecule has 32 heavy (non-hydrogen) atoms. The van der Waals surface area contributed by atoms with Gasteiger partial charge >= 0.3 is 0 Å². The number of benzene rings is 1. The summed E-state index contributed by atoms with van der Waals surface area (Å²) in [6, 6.07) is 6.94. The van der Waals surface area contributed by atoms with Gasteiger partial charge in [-0.2, -0.15) is 5.10 Å². The Morgan fingerprint density at radius 3 is 2.75 bits per heavy atom. The number of Topliss-reactive ketones (excluding diaryl/α,β-unsaturated/α-hetero) is 1. The molecule has 9 heteroatoms. The lowest BCUT2D eigenvalue weighted by atomic mass is 9.94. The van der Waals surface area contributed by atoms with Crippen molar-refractivity contribution in [3.8, 4) is 0 Å². The summed E-state index contributed by atoms with van der Waals surface area (Å²) < 4.78 is 0.772. The molecule has 1 N–H and O–H groups in total. The van der Waals surface area contributed by atoms with Gasteiger partial charge in [0.25, 0.3) is 0 Å². The first-order valence-corrected chi connectivity index (χ1v) is 11.9. The van der Waals surface area contributed by atoms with Crippen LogP contribution < -0.4 is 5.32 Å². The number of amides is 2. The van der Waals surface area contributed by atoms with E-state index < -0.39 is 10.4 Å². The molecule has 4 atom stereocenters. The van der Waals surface area contributed by atoms with Gasteiger partial charge in [0.1, 0.15) is 22.6 Å². The van der Waals surface area contributed by atoms with E-state index in [0.717, 1.165) is 36.6 Å². The normalized spacial score (nSPS) is 28.4. The highest BCUT2D eigenvalue weighted by molar-refractivity contribution is 6.48. The van der Waals surface area contributed by atoms with E-state index in [4.69, 9.17) is 23.2 Å². The number of fused-ring (bicyclic) bond motifs is 2. The number of rotatable bonds is 5. The standard InChI is InChI=1S/C23H26Cl2N4O3/c1-13(30)21-16-6-2-3-7-17(16)28(27-21)12-20(31)29-18-9-14(18)10-19(29)22(32)26-15-5-4-8-23(24,25)11-15/h2-3,6-7,14-15,18-19H,4-5,8-12H2,1H3,(H,26,32)/t14-,15-,18-,19+/m1/s1. The van der Waals surface area contributed by atoms with Gasteiger partial charge in [-0.25, -0.2) is 0 Å². The molecular formula is C23H26Cl2N4O3. The maximum Gasteiger partial charge on any atom is 0.245 e. The molecule has 3 fully saturated rings. The minimum Gasteiger partial charge on any atom is -0.351 e. The third-order valence-corrected chi connectivity index (χ3v) is 7.64. The van der Waals surface area contributed by atoms with E-state index in [1.165, 1.54) is 6.92 Å². The fraction of sp³-hybridized carbons (Fsp3) is 0.565. The lowest BCUT2D eigenvalue weighted by molar-refractivity contribution is -0.140. The van der Waals surface area contributed by atoms with Gasteiger partial charge in [-0.3, -0.25) is 19.1 Å². The average molecular weight is 477 g/mol. The van der Waals surface area contributed by atoms with Crippen molar-refractivity contribution >= 4 is 51.7 Å². The molecule has 1 aromatic heterocycles. The van der Waals surface area contributed by atoms with E-state index in [1.54, 1.807) is 9.58 Å². The maximum atomic E-state index is 13.3. The van der Waals surface area contributed by atoms with E-state index >= 15 is 0 Å². The first-order valence-electron chi connectivity index (χ1n) is 11.2. The molecule has 1 aliphatic heterocycles. The zero-order valence-corrected chi connectivity index (χ0v) is 19.4. The van der Waals surface area contributed by atoms with Crippen LogP contribution in [0, 0.1) is 5.92 Å². The van der Waals surface area contributed by atoms with Gasteiger partial charge in [0.05, 0.1) is 5.52 Å². The molecule has 3 aliphatic rings. The highest BCUT2D eigenvalue weighted by Gasteiger charge is 2.56. The van der Waals surface area contributed by atoms with E-state index in [0.29, 0.717) is 24.5 Å². The lowest BCUT2D eigenvalue weighted by Crippen LogP contribution is -2.52. The van der Waals surface area contributed by atoms with Crippen molar-refractivity contribution < 1.29 is 14.4 Å². The second kappa shape index (κ2) is 8.03. The predicted octanol–water partition coefficient (Wildman–Crippen LogP) is 3.46. The quantitative estimate of drug-likeness (QED) is 0.528. The Hall–Kier alpha value is -2.12. The lowest BCUT2D eigenvalue weighted by Gasteiger charge is -2.34. The highest BCUT2D eigenvalue weighted by atomic mass is 35.5. The van der Waals surface area contributed by atoms with Crippen molar-refractivity contribution in [3.05, 3.63) is 30.0 Å². The van der Waals surface area contributed by atoms with Crippen LogP contribution in [0.5, 0.6) is 0 Å². The first kappa shape index (κ1) is 21.7. The number of ketones is 1. The van der Waals surface area contributed by atoms with Crippen LogP contribution >= 0.6 is 23.2 Å². The summed E-state index contributed by atoms with van der Waals surface area (Å²) in [6.07, 6.45) is 4.56. The van der Waals surface area contributed by atoms with Crippen LogP contribution in [0.3, 0.4) is 0 Å². The van der Waals surface area contributed by atoms with E-state index in [2.05, 4.69) is 10.4 Å². The number of nitrogens with one attached hydrogen (secondary N) is 1. The van der Waals surface area contributed by atoms with Crippen LogP contribution in [0.1, 0.15) is 55.9 Å². The molecule has 0 unspecified atom stereocenters. The van der Waals surface area contributed by atoms with Gasteiger partial charge in [0, 0.05) is 30.8 Å². The maximum absolute atomic E-state index is 13.3. The summed E-state index contributed by atoms with van der Waals surface area (Å²) in [6.45, 7) is 1.47. The molecule has 2 saturated carbocycles. The van der Waals surface area contributed by atoms with Crippen LogP contribution in [0.15, 0.2) is 24.3 Å². The van der Waals surface area contributed by atoms with Crippen LogP contribution in [-0.4, -0.2) is 54.7 Å². The molecular weight excluding hydrogens is 451 g/mol. The summed E-state index contributed by atoms with van der Waals surface area (Å²) in [5, 5.41) is 8.23. The molecule has 2 heterocycles. The number of para-hydroxylation sites is 1. The summed E-state index contributed by atoms with van der Waals surface area (Å²) >= 11 is 12.6. The zero-order valence-electron chi connectivity index (χ0n) is 17.9. The minimum absolute atomic E-state index is 0.00328. The van der Waals surface area contributed by atoms with E-state index in [1.807, 2.05) is 24.3 Å². The molecule has 0 spiro atoms. The molecule has 1 aromatic carbocycles. The smallest absolute Gasteiger partial charge is 0.245 e. The second-order valence-corrected chi connectivity index (χ2v) is 11.0. The highest BCUT2D eigenvalue weighted by Crippen LogP contribution is 2.48. The number of alkyl halides is 2. The molecule has 2 aliphatic carbocycles. The number of nitrogens with zero attached hydrogens (tertiary/aromatic N) is 3. The SMILES string of the molecule is CC(=O)c1nn(CC(=O)N2[C@@H]3C[C@@H]3C[C@H]2C(=O)N[C@@H]2CCCC(Cl)(Cl)C2)c2ccccc12. The Balaban J connectivity index is 1.33. The number of piperidine rings is 1.